The van der Waals surface area contributed by atoms with Crippen molar-refractivity contribution < 1.29 is 14.4 Å². The molecule has 1 heterocycles. The molecule has 1 saturated heterocycles. The Kier molecular flexibility index (Phi) is 4.46. The van der Waals surface area contributed by atoms with Crippen LogP contribution in [0.4, 0.5) is 10.5 Å². The van der Waals surface area contributed by atoms with Crippen LogP contribution in [-0.2, 0) is 4.84 Å². The van der Waals surface area contributed by atoms with Gasteiger partial charge >= 0.3 is 6.03 Å². The SMILES string of the molecule is CONC(=O)N1CCN(c2ccccc2OC)CC1. The molecule has 6 nitrogen and oxygen atoms in total. The Morgan fingerprint density at radius 2 is 1.84 bits per heavy atom. The number of hydrogen-bond donors (Lipinski definition) is 1. The monoisotopic (exact) mass is 265 g/mol. The smallest absolute Gasteiger partial charge is 0.341 e. The van der Waals surface area contributed by atoms with Gasteiger partial charge in [-0.1, -0.05) is 12.1 Å². The molecule has 0 saturated carbocycles. The lowest BCUT2D eigenvalue weighted by Gasteiger charge is -2.36. The first-order valence-corrected chi connectivity index (χ1v) is 6.22. The maximum Gasteiger partial charge on any atom is 0.341 e. The van der Waals surface area contributed by atoms with E-state index in [2.05, 4.69) is 15.2 Å². The molecule has 2 rings (SSSR count). The normalized spacial score (nSPS) is 15.3. The third-order valence-corrected chi connectivity index (χ3v) is 3.18. The van der Waals surface area contributed by atoms with Crippen LogP contribution >= 0.6 is 0 Å². The van der Waals surface area contributed by atoms with Crippen LogP contribution in [0.15, 0.2) is 24.3 Å². The molecule has 1 aromatic rings. The van der Waals surface area contributed by atoms with Crippen LogP contribution in [-0.4, -0.2) is 51.3 Å². The van der Waals surface area contributed by atoms with E-state index in [1.54, 1.807) is 12.0 Å². The number of methoxy groups -OCH3 is 1. The summed E-state index contributed by atoms with van der Waals surface area (Å²) >= 11 is 0. The summed E-state index contributed by atoms with van der Waals surface area (Å²) in [6, 6.07) is 7.72. The van der Waals surface area contributed by atoms with E-state index >= 15 is 0 Å². The number of nitrogens with zero attached hydrogens (tertiary/aromatic N) is 2. The van der Waals surface area contributed by atoms with Crippen molar-refractivity contribution in [3.05, 3.63) is 24.3 Å². The van der Waals surface area contributed by atoms with Gasteiger partial charge in [-0.3, -0.25) is 4.84 Å². The number of piperazine rings is 1. The molecule has 0 unspecified atom stereocenters. The fourth-order valence-corrected chi connectivity index (χ4v) is 2.19. The van der Waals surface area contributed by atoms with Gasteiger partial charge in [0.15, 0.2) is 0 Å². The molecule has 6 heteroatoms. The van der Waals surface area contributed by atoms with Crippen LogP contribution in [0.3, 0.4) is 0 Å². The van der Waals surface area contributed by atoms with E-state index < -0.39 is 0 Å². The Morgan fingerprint density at radius 3 is 2.47 bits per heavy atom. The zero-order chi connectivity index (χ0) is 13.7. The number of urea groups is 1. The number of hydrogen-bond acceptors (Lipinski definition) is 4. The number of ether oxygens (including phenoxy) is 1. The van der Waals surface area contributed by atoms with E-state index in [-0.39, 0.29) is 6.03 Å². The van der Waals surface area contributed by atoms with Gasteiger partial charge in [0.05, 0.1) is 19.9 Å². The van der Waals surface area contributed by atoms with Crippen LogP contribution in [0.25, 0.3) is 0 Å². The van der Waals surface area contributed by atoms with E-state index in [4.69, 9.17) is 4.74 Å². The number of para-hydroxylation sites is 2. The second kappa shape index (κ2) is 6.29. The number of amides is 2. The van der Waals surface area contributed by atoms with Gasteiger partial charge in [0.1, 0.15) is 5.75 Å². The molecule has 0 spiro atoms. The summed E-state index contributed by atoms with van der Waals surface area (Å²) < 4.78 is 5.36. The third kappa shape index (κ3) is 3.08. The highest BCUT2D eigenvalue weighted by atomic mass is 16.6. The number of carbonyl (C=O) groups excluding carboxylic acids is 1. The highest BCUT2D eigenvalue weighted by Gasteiger charge is 2.22. The summed E-state index contributed by atoms with van der Waals surface area (Å²) in [5, 5.41) is 0. The lowest BCUT2D eigenvalue weighted by molar-refractivity contribution is 0.0856. The summed E-state index contributed by atoms with van der Waals surface area (Å²) in [4.78, 5) is 20.2. The Labute approximate surface area is 112 Å². The van der Waals surface area contributed by atoms with Crippen molar-refractivity contribution in [1.82, 2.24) is 10.4 Å². The minimum atomic E-state index is -0.192. The Hall–Kier alpha value is -1.95. The molecule has 0 atom stereocenters. The predicted octanol–water partition coefficient (Wildman–Crippen LogP) is 1.09. The molecule has 19 heavy (non-hydrogen) atoms. The molecular weight excluding hydrogens is 246 g/mol. The molecule has 1 aliphatic heterocycles. The first-order valence-electron chi connectivity index (χ1n) is 6.22. The number of nitrogens with one attached hydrogen (secondary N) is 1. The second-order valence-electron chi connectivity index (χ2n) is 4.26. The molecule has 0 aliphatic carbocycles. The third-order valence-electron chi connectivity index (χ3n) is 3.18. The maximum absolute atomic E-state index is 11.6. The van der Waals surface area contributed by atoms with Crippen LogP contribution in [0.5, 0.6) is 5.75 Å². The summed E-state index contributed by atoms with van der Waals surface area (Å²) in [7, 11) is 3.10. The average molecular weight is 265 g/mol. The van der Waals surface area contributed by atoms with Gasteiger partial charge in [0.2, 0.25) is 0 Å². The van der Waals surface area contributed by atoms with Crippen molar-refractivity contribution in [2.75, 3.05) is 45.3 Å². The van der Waals surface area contributed by atoms with E-state index in [9.17, 15) is 4.79 Å². The summed E-state index contributed by atoms with van der Waals surface area (Å²) in [5.41, 5.74) is 3.40. The molecule has 0 bridgehead atoms. The number of carbonyl (C=O) groups is 1. The molecule has 1 N–H and O–H groups in total. The van der Waals surface area contributed by atoms with Gasteiger partial charge < -0.3 is 14.5 Å². The van der Waals surface area contributed by atoms with Gasteiger partial charge in [0.25, 0.3) is 0 Å². The minimum absolute atomic E-state index is 0.192. The van der Waals surface area contributed by atoms with Crippen LogP contribution in [0, 0.1) is 0 Å². The fraction of sp³-hybridized carbons (Fsp3) is 0.462. The molecular formula is C13H19N3O3. The molecule has 0 radical (unpaired) electrons. The first-order chi connectivity index (χ1) is 9.26. The van der Waals surface area contributed by atoms with Crippen LogP contribution < -0.4 is 15.1 Å². The number of benzene rings is 1. The largest absolute Gasteiger partial charge is 0.495 e. The molecule has 2 amide bonds. The van der Waals surface area contributed by atoms with Crippen molar-refractivity contribution in [1.29, 1.82) is 0 Å². The summed E-state index contributed by atoms with van der Waals surface area (Å²) in [5.74, 6) is 0.859. The van der Waals surface area contributed by atoms with Gasteiger partial charge in [-0.25, -0.2) is 10.3 Å². The lowest BCUT2D eigenvalue weighted by Crippen LogP contribution is -2.51. The predicted molar refractivity (Wildman–Crippen MR) is 72.3 cm³/mol. The Bertz CT molecular complexity index is 431. The standard InChI is InChI=1S/C13H19N3O3/c1-18-12-6-4-3-5-11(12)15-7-9-16(10-8-15)13(17)14-19-2/h3-6H,7-10H2,1-2H3,(H,14,17). The highest BCUT2D eigenvalue weighted by Crippen LogP contribution is 2.28. The maximum atomic E-state index is 11.6. The van der Waals surface area contributed by atoms with Gasteiger partial charge in [0, 0.05) is 26.2 Å². The zero-order valence-electron chi connectivity index (χ0n) is 11.3. The van der Waals surface area contributed by atoms with E-state index in [0.29, 0.717) is 13.1 Å². The Balaban J connectivity index is 1.98. The zero-order valence-corrected chi connectivity index (χ0v) is 11.3. The minimum Gasteiger partial charge on any atom is -0.495 e. The van der Waals surface area contributed by atoms with Crippen LogP contribution in [0.1, 0.15) is 0 Å². The molecule has 1 aromatic carbocycles. The fourth-order valence-electron chi connectivity index (χ4n) is 2.19. The van der Waals surface area contributed by atoms with Crippen molar-refractivity contribution in [3.8, 4) is 5.75 Å². The lowest BCUT2D eigenvalue weighted by atomic mass is 10.2. The van der Waals surface area contributed by atoms with Crippen molar-refractivity contribution in [2.24, 2.45) is 0 Å². The Morgan fingerprint density at radius 1 is 1.16 bits per heavy atom. The summed E-state index contributed by atoms with van der Waals surface area (Å²) in [6.07, 6.45) is 0. The number of anilines is 1. The van der Waals surface area contributed by atoms with Crippen molar-refractivity contribution >= 4 is 11.7 Å². The van der Waals surface area contributed by atoms with E-state index in [1.807, 2.05) is 24.3 Å². The summed E-state index contributed by atoms with van der Waals surface area (Å²) in [6.45, 7) is 2.87. The average Bonchev–Trinajstić information content (AvgIpc) is 2.47. The van der Waals surface area contributed by atoms with Gasteiger partial charge in [-0.2, -0.15) is 0 Å². The second-order valence-corrected chi connectivity index (χ2v) is 4.26. The van der Waals surface area contributed by atoms with Crippen molar-refractivity contribution in [2.45, 2.75) is 0 Å². The quantitative estimate of drug-likeness (QED) is 0.831. The molecule has 1 aliphatic rings. The first kappa shape index (κ1) is 13.5. The molecule has 104 valence electrons. The van der Waals surface area contributed by atoms with E-state index in [1.165, 1.54) is 7.11 Å². The highest BCUT2D eigenvalue weighted by molar-refractivity contribution is 5.73. The topological polar surface area (TPSA) is 54.0 Å². The van der Waals surface area contributed by atoms with Crippen LogP contribution in [0.2, 0.25) is 0 Å². The number of hydroxylamine groups is 1. The number of rotatable bonds is 3. The van der Waals surface area contributed by atoms with Crippen molar-refractivity contribution in [3.63, 3.8) is 0 Å². The molecule has 0 aromatic heterocycles. The van der Waals surface area contributed by atoms with Gasteiger partial charge in [-0.05, 0) is 12.1 Å². The van der Waals surface area contributed by atoms with Gasteiger partial charge in [-0.15, -0.1) is 0 Å². The molecule has 1 fully saturated rings. The van der Waals surface area contributed by atoms with E-state index in [0.717, 1.165) is 24.5 Å².